The molecule has 0 unspecified atom stereocenters. The molecule has 0 bridgehead atoms. The molecule has 1 heterocycles. The topological polar surface area (TPSA) is 26.3 Å². The van der Waals surface area contributed by atoms with E-state index in [1.807, 2.05) is 19.9 Å². The number of carbonyl (C=O) groups excluding carboxylic acids is 1. The molecule has 0 aliphatic carbocycles. The fourth-order valence-corrected chi connectivity index (χ4v) is 0.971. The van der Waals surface area contributed by atoms with Gasteiger partial charge in [0.2, 0.25) is 0 Å². The van der Waals surface area contributed by atoms with Crippen LogP contribution in [-0.2, 0) is 9.53 Å². The van der Waals surface area contributed by atoms with E-state index in [2.05, 4.69) is 0 Å². The van der Waals surface area contributed by atoms with Gasteiger partial charge in [0.1, 0.15) is 5.76 Å². The van der Waals surface area contributed by atoms with E-state index in [4.69, 9.17) is 4.74 Å². The predicted molar refractivity (Wildman–Crippen MR) is 42.8 cm³/mol. The Kier molecular flexibility index (Phi) is 2.13. The lowest BCUT2D eigenvalue weighted by Gasteiger charge is -1.95. The second-order valence-corrected chi connectivity index (χ2v) is 2.62. The van der Waals surface area contributed by atoms with Crippen LogP contribution in [0.5, 0.6) is 0 Å². The summed E-state index contributed by atoms with van der Waals surface area (Å²) in [6.45, 7) is 5.71. The van der Waals surface area contributed by atoms with Crippen molar-refractivity contribution in [3.8, 4) is 0 Å². The summed E-state index contributed by atoms with van der Waals surface area (Å²) in [5, 5.41) is 0. The highest BCUT2D eigenvalue weighted by Crippen LogP contribution is 2.25. The molecule has 0 saturated carbocycles. The molecule has 11 heavy (non-hydrogen) atoms. The first kappa shape index (κ1) is 8.05. The van der Waals surface area contributed by atoms with Gasteiger partial charge in [0, 0.05) is 11.1 Å². The van der Waals surface area contributed by atoms with Gasteiger partial charge in [-0.25, -0.2) is 4.79 Å². The lowest BCUT2D eigenvalue weighted by Crippen LogP contribution is -1.94. The number of ether oxygens (including phenoxy) is 1. The van der Waals surface area contributed by atoms with Crippen molar-refractivity contribution in [2.45, 2.75) is 27.2 Å². The van der Waals surface area contributed by atoms with Crippen molar-refractivity contribution in [3.05, 3.63) is 23.0 Å². The van der Waals surface area contributed by atoms with E-state index < -0.39 is 0 Å². The molecule has 0 N–H and O–H groups in total. The van der Waals surface area contributed by atoms with E-state index in [1.54, 1.807) is 6.92 Å². The SMILES string of the molecule is CC/C=C1\OC(=O)C(C)=C1C. The number of allylic oxidation sites excluding steroid dienone is 2. The van der Waals surface area contributed by atoms with Crippen LogP contribution in [0.4, 0.5) is 0 Å². The summed E-state index contributed by atoms with van der Waals surface area (Å²) in [7, 11) is 0. The van der Waals surface area contributed by atoms with E-state index in [9.17, 15) is 4.79 Å². The Morgan fingerprint density at radius 1 is 1.36 bits per heavy atom. The number of cyclic esters (lactones) is 1. The lowest BCUT2D eigenvalue weighted by atomic mass is 10.1. The Balaban J connectivity index is 2.95. The van der Waals surface area contributed by atoms with Crippen LogP contribution in [0.1, 0.15) is 27.2 Å². The summed E-state index contributed by atoms with van der Waals surface area (Å²) in [5.74, 6) is 0.525. The first-order valence-corrected chi connectivity index (χ1v) is 3.77. The highest BCUT2D eigenvalue weighted by Gasteiger charge is 2.22. The Bertz CT molecular complexity index is 246. The second kappa shape index (κ2) is 2.91. The summed E-state index contributed by atoms with van der Waals surface area (Å²) in [5.41, 5.74) is 1.70. The van der Waals surface area contributed by atoms with Crippen molar-refractivity contribution in [1.82, 2.24) is 0 Å². The van der Waals surface area contributed by atoms with Gasteiger partial charge in [0.15, 0.2) is 0 Å². The predicted octanol–water partition coefficient (Wildman–Crippen LogP) is 2.17. The molecule has 60 valence electrons. The molecule has 1 rings (SSSR count). The van der Waals surface area contributed by atoms with Crippen molar-refractivity contribution >= 4 is 5.97 Å². The normalized spacial score (nSPS) is 21.4. The average molecular weight is 152 g/mol. The third-order valence-electron chi connectivity index (χ3n) is 1.83. The van der Waals surface area contributed by atoms with Gasteiger partial charge in [0.05, 0.1) is 0 Å². The van der Waals surface area contributed by atoms with E-state index in [0.29, 0.717) is 0 Å². The molecule has 0 aromatic rings. The molecule has 1 aliphatic rings. The average Bonchev–Trinajstić information content (AvgIpc) is 2.19. The summed E-state index contributed by atoms with van der Waals surface area (Å²) in [6.07, 6.45) is 2.82. The summed E-state index contributed by atoms with van der Waals surface area (Å²) >= 11 is 0. The zero-order valence-electron chi connectivity index (χ0n) is 7.10. The molecule has 0 saturated heterocycles. The van der Waals surface area contributed by atoms with Crippen LogP contribution in [-0.4, -0.2) is 5.97 Å². The maximum atomic E-state index is 10.9. The molecule has 0 amide bonds. The zero-order chi connectivity index (χ0) is 8.43. The molecule has 0 aromatic heterocycles. The van der Waals surface area contributed by atoms with Crippen LogP contribution >= 0.6 is 0 Å². The molecular weight excluding hydrogens is 140 g/mol. The van der Waals surface area contributed by atoms with Crippen LogP contribution in [0.3, 0.4) is 0 Å². The summed E-state index contributed by atoms with van der Waals surface area (Å²) in [6, 6.07) is 0. The van der Waals surface area contributed by atoms with Gasteiger partial charge in [0.25, 0.3) is 0 Å². The van der Waals surface area contributed by atoms with Gasteiger partial charge < -0.3 is 4.74 Å². The van der Waals surface area contributed by atoms with Crippen molar-refractivity contribution in [2.24, 2.45) is 0 Å². The van der Waals surface area contributed by atoms with Crippen molar-refractivity contribution in [1.29, 1.82) is 0 Å². The highest BCUT2D eigenvalue weighted by molar-refractivity contribution is 5.93. The minimum Gasteiger partial charge on any atom is -0.423 e. The zero-order valence-corrected chi connectivity index (χ0v) is 7.10. The highest BCUT2D eigenvalue weighted by atomic mass is 16.5. The van der Waals surface area contributed by atoms with E-state index in [-0.39, 0.29) is 5.97 Å². The monoisotopic (exact) mass is 152 g/mol. The number of carbonyl (C=O) groups is 1. The Morgan fingerprint density at radius 3 is 2.36 bits per heavy atom. The van der Waals surface area contributed by atoms with Crippen LogP contribution in [0.15, 0.2) is 23.0 Å². The van der Waals surface area contributed by atoms with Crippen LogP contribution in [0.2, 0.25) is 0 Å². The maximum Gasteiger partial charge on any atom is 0.339 e. The van der Waals surface area contributed by atoms with Crippen LogP contribution in [0.25, 0.3) is 0 Å². The van der Waals surface area contributed by atoms with Crippen LogP contribution < -0.4 is 0 Å². The molecule has 0 radical (unpaired) electrons. The maximum absolute atomic E-state index is 10.9. The fraction of sp³-hybridized carbons (Fsp3) is 0.444. The first-order valence-electron chi connectivity index (χ1n) is 3.77. The molecule has 1 aliphatic heterocycles. The van der Waals surface area contributed by atoms with Gasteiger partial charge in [-0.3, -0.25) is 0 Å². The molecule has 0 fully saturated rings. The van der Waals surface area contributed by atoms with Gasteiger partial charge in [-0.15, -0.1) is 0 Å². The third kappa shape index (κ3) is 1.34. The fourth-order valence-electron chi connectivity index (χ4n) is 0.971. The van der Waals surface area contributed by atoms with E-state index in [0.717, 1.165) is 23.3 Å². The first-order chi connectivity index (χ1) is 5.16. The van der Waals surface area contributed by atoms with E-state index >= 15 is 0 Å². The molecule has 0 spiro atoms. The standard InChI is InChI=1S/C9H12O2/c1-4-5-8-6(2)7(3)9(10)11-8/h5H,4H2,1-3H3/b8-5-. The third-order valence-corrected chi connectivity index (χ3v) is 1.83. The van der Waals surface area contributed by atoms with Gasteiger partial charge in [-0.2, -0.15) is 0 Å². The van der Waals surface area contributed by atoms with Gasteiger partial charge >= 0.3 is 5.97 Å². The second-order valence-electron chi connectivity index (χ2n) is 2.62. The number of esters is 1. The number of rotatable bonds is 1. The van der Waals surface area contributed by atoms with Crippen molar-refractivity contribution < 1.29 is 9.53 Å². The largest absolute Gasteiger partial charge is 0.423 e. The van der Waals surface area contributed by atoms with Crippen molar-refractivity contribution in [3.63, 3.8) is 0 Å². The number of hydrogen-bond acceptors (Lipinski definition) is 2. The Hall–Kier alpha value is -1.05. The van der Waals surface area contributed by atoms with Crippen LogP contribution in [0, 0.1) is 0 Å². The summed E-state index contributed by atoms with van der Waals surface area (Å²) in [4.78, 5) is 10.9. The Labute approximate surface area is 66.5 Å². The minimum absolute atomic E-state index is 0.206. The lowest BCUT2D eigenvalue weighted by molar-refractivity contribution is -0.133. The molecule has 0 atom stereocenters. The van der Waals surface area contributed by atoms with Gasteiger partial charge in [-0.1, -0.05) is 6.92 Å². The van der Waals surface area contributed by atoms with Gasteiger partial charge in [-0.05, 0) is 26.3 Å². The van der Waals surface area contributed by atoms with Crippen molar-refractivity contribution in [2.75, 3.05) is 0 Å². The quantitative estimate of drug-likeness (QED) is 0.538. The molecule has 2 heteroatoms. The minimum atomic E-state index is -0.206. The molecular formula is C9H12O2. The van der Waals surface area contributed by atoms with E-state index in [1.165, 1.54) is 0 Å². The molecule has 0 aromatic carbocycles. The number of hydrogen-bond donors (Lipinski definition) is 0. The molecule has 2 nitrogen and oxygen atoms in total. The Morgan fingerprint density at radius 2 is 2.00 bits per heavy atom. The summed E-state index contributed by atoms with van der Waals surface area (Å²) < 4.78 is 4.97. The smallest absolute Gasteiger partial charge is 0.339 e.